The molecule has 0 spiro atoms. The van der Waals surface area contributed by atoms with Crippen molar-refractivity contribution < 1.29 is 27.1 Å². The third-order valence-electron chi connectivity index (χ3n) is 6.15. The van der Waals surface area contributed by atoms with Gasteiger partial charge in [-0.2, -0.15) is 0 Å². The SMILES string of the molecule is COc1cccc(CN(C(=O)CN(c2ccc(F)cc2)S(C)(=O)=O)C(C)C(=O)NC2CCCC2)c1. The fourth-order valence-electron chi connectivity index (χ4n) is 4.16. The van der Waals surface area contributed by atoms with E-state index < -0.39 is 34.3 Å². The second kappa shape index (κ2) is 11.5. The van der Waals surface area contributed by atoms with E-state index in [-0.39, 0.29) is 24.2 Å². The van der Waals surface area contributed by atoms with Gasteiger partial charge in [0.25, 0.3) is 0 Å². The molecule has 2 aromatic carbocycles. The predicted molar refractivity (Wildman–Crippen MR) is 132 cm³/mol. The molecule has 0 aromatic heterocycles. The molecular formula is C25H32FN3O5S. The Morgan fingerprint density at radius 2 is 1.80 bits per heavy atom. The minimum atomic E-state index is -3.86. The summed E-state index contributed by atoms with van der Waals surface area (Å²) >= 11 is 0. The molecule has 10 heteroatoms. The molecule has 1 N–H and O–H groups in total. The number of hydrogen-bond acceptors (Lipinski definition) is 5. The van der Waals surface area contributed by atoms with Gasteiger partial charge in [0.1, 0.15) is 24.2 Å². The van der Waals surface area contributed by atoms with Crippen LogP contribution in [0.25, 0.3) is 0 Å². The first-order chi connectivity index (χ1) is 16.6. The third-order valence-corrected chi connectivity index (χ3v) is 7.29. The molecule has 1 fully saturated rings. The van der Waals surface area contributed by atoms with Crippen LogP contribution in [0.3, 0.4) is 0 Å². The maximum Gasteiger partial charge on any atom is 0.244 e. The van der Waals surface area contributed by atoms with Crippen LogP contribution in [0.15, 0.2) is 48.5 Å². The van der Waals surface area contributed by atoms with Crippen molar-refractivity contribution in [3.05, 3.63) is 59.9 Å². The van der Waals surface area contributed by atoms with Gasteiger partial charge >= 0.3 is 0 Å². The number of rotatable bonds is 10. The molecule has 0 bridgehead atoms. The van der Waals surface area contributed by atoms with Crippen LogP contribution in [0, 0.1) is 5.82 Å². The summed E-state index contributed by atoms with van der Waals surface area (Å²) in [6, 6.07) is 11.2. The minimum Gasteiger partial charge on any atom is -0.497 e. The highest BCUT2D eigenvalue weighted by molar-refractivity contribution is 7.92. The summed E-state index contributed by atoms with van der Waals surface area (Å²) in [7, 11) is -2.33. The van der Waals surface area contributed by atoms with Crippen molar-refractivity contribution in [2.75, 3.05) is 24.2 Å². The van der Waals surface area contributed by atoms with E-state index >= 15 is 0 Å². The Bertz CT molecular complexity index is 1130. The van der Waals surface area contributed by atoms with Crippen molar-refractivity contribution in [3.8, 4) is 5.75 Å². The van der Waals surface area contributed by atoms with E-state index in [1.54, 1.807) is 31.2 Å². The quantitative estimate of drug-likeness (QED) is 0.535. The number of sulfonamides is 1. The Labute approximate surface area is 206 Å². The predicted octanol–water partition coefficient (Wildman–Crippen LogP) is 3.08. The van der Waals surface area contributed by atoms with Crippen LogP contribution in [0.2, 0.25) is 0 Å². The first-order valence-corrected chi connectivity index (χ1v) is 13.4. The monoisotopic (exact) mass is 505 g/mol. The molecule has 8 nitrogen and oxygen atoms in total. The van der Waals surface area contributed by atoms with Crippen LogP contribution in [0.1, 0.15) is 38.2 Å². The molecule has 3 rings (SSSR count). The number of ether oxygens (including phenoxy) is 1. The molecular weight excluding hydrogens is 473 g/mol. The van der Waals surface area contributed by atoms with Crippen LogP contribution < -0.4 is 14.4 Å². The van der Waals surface area contributed by atoms with E-state index in [9.17, 15) is 22.4 Å². The summed E-state index contributed by atoms with van der Waals surface area (Å²) in [4.78, 5) is 27.9. The van der Waals surface area contributed by atoms with Gasteiger partial charge in [0, 0.05) is 12.6 Å². The van der Waals surface area contributed by atoms with Gasteiger partial charge in [-0.1, -0.05) is 25.0 Å². The molecule has 2 amide bonds. The van der Waals surface area contributed by atoms with Crippen LogP contribution in [-0.4, -0.2) is 57.1 Å². The Balaban J connectivity index is 1.88. The van der Waals surface area contributed by atoms with Crippen molar-refractivity contribution in [3.63, 3.8) is 0 Å². The maximum absolute atomic E-state index is 13.5. The molecule has 1 saturated carbocycles. The Hall–Kier alpha value is -3.14. The summed E-state index contributed by atoms with van der Waals surface area (Å²) in [5.41, 5.74) is 0.887. The first-order valence-electron chi connectivity index (χ1n) is 11.5. The van der Waals surface area contributed by atoms with Gasteiger partial charge < -0.3 is 15.0 Å². The number of benzene rings is 2. The van der Waals surface area contributed by atoms with E-state index in [1.165, 1.54) is 24.1 Å². The highest BCUT2D eigenvalue weighted by Crippen LogP contribution is 2.22. The van der Waals surface area contributed by atoms with Gasteiger partial charge in [-0.15, -0.1) is 0 Å². The number of carbonyl (C=O) groups is 2. The van der Waals surface area contributed by atoms with Gasteiger partial charge in [0.15, 0.2) is 0 Å². The molecule has 0 saturated heterocycles. The minimum absolute atomic E-state index is 0.0745. The summed E-state index contributed by atoms with van der Waals surface area (Å²) < 4.78 is 44.6. The first kappa shape index (κ1) is 26.5. The highest BCUT2D eigenvalue weighted by atomic mass is 32.2. The van der Waals surface area contributed by atoms with Gasteiger partial charge in [0.2, 0.25) is 21.8 Å². The number of methoxy groups -OCH3 is 1. The zero-order chi connectivity index (χ0) is 25.6. The lowest BCUT2D eigenvalue weighted by molar-refractivity contribution is -0.139. The van der Waals surface area contributed by atoms with Crippen LogP contribution in [0.4, 0.5) is 10.1 Å². The molecule has 190 valence electrons. The summed E-state index contributed by atoms with van der Waals surface area (Å²) in [5, 5.41) is 3.01. The summed E-state index contributed by atoms with van der Waals surface area (Å²) in [6.45, 7) is 1.18. The normalized spacial score (nSPS) is 14.9. The average molecular weight is 506 g/mol. The molecule has 0 heterocycles. The molecule has 1 aliphatic carbocycles. The zero-order valence-electron chi connectivity index (χ0n) is 20.2. The Kier molecular flexibility index (Phi) is 8.71. The zero-order valence-corrected chi connectivity index (χ0v) is 21.1. The smallest absolute Gasteiger partial charge is 0.244 e. The molecule has 1 atom stereocenters. The van der Waals surface area contributed by atoms with Gasteiger partial charge in [-0.05, 0) is 61.7 Å². The standard InChI is InChI=1S/C25H32FN3O5S/c1-18(25(31)27-21-8-4-5-9-21)28(16-19-7-6-10-23(15-19)34-2)24(30)17-29(35(3,32)33)22-13-11-20(26)12-14-22/h6-7,10-15,18,21H,4-5,8-9,16-17H2,1-3H3,(H,27,31). The lowest BCUT2D eigenvalue weighted by Crippen LogP contribution is -2.52. The number of carbonyl (C=O) groups excluding carboxylic acids is 2. The van der Waals surface area contributed by atoms with Crippen molar-refractivity contribution in [2.45, 2.75) is 51.2 Å². The molecule has 1 unspecified atom stereocenters. The lowest BCUT2D eigenvalue weighted by atomic mass is 10.1. The van der Waals surface area contributed by atoms with Crippen molar-refractivity contribution in [2.24, 2.45) is 0 Å². The number of nitrogens with zero attached hydrogens (tertiary/aromatic N) is 2. The van der Waals surface area contributed by atoms with E-state index in [1.807, 2.05) is 0 Å². The average Bonchev–Trinajstić information content (AvgIpc) is 3.33. The third kappa shape index (κ3) is 7.17. The fraction of sp³-hybridized carbons (Fsp3) is 0.440. The fourth-order valence-corrected chi connectivity index (χ4v) is 5.01. The second-order valence-electron chi connectivity index (χ2n) is 8.79. The van der Waals surface area contributed by atoms with Crippen molar-refractivity contribution >= 4 is 27.5 Å². The molecule has 0 radical (unpaired) electrons. The van der Waals surface area contributed by atoms with Crippen molar-refractivity contribution in [1.29, 1.82) is 0 Å². The summed E-state index contributed by atoms with van der Waals surface area (Å²) in [5.74, 6) is -0.773. The Morgan fingerprint density at radius 3 is 2.40 bits per heavy atom. The number of hydrogen-bond donors (Lipinski definition) is 1. The van der Waals surface area contributed by atoms with Gasteiger partial charge in [-0.3, -0.25) is 13.9 Å². The van der Waals surface area contributed by atoms with E-state index in [0.29, 0.717) is 5.75 Å². The molecule has 2 aromatic rings. The van der Waals surface area contributed by atoms with Gasteiger partial charge in [0.05, 0.1) is 19.1 Å². The number of halogens is 1. The van der Waals surface area contributed by atoms with E-state index in [4.69, 9.17) is 4.74 Å². The molecule has 1 aliphatic rings. The number of amides is 2. The van der Waals surface area contributed by atoms with E-state index in [2.05, 4.69) is 5.32 Å². The number of anilines is 1. The number of nitrogens with one attached hydrogen (secondary N) is 1. The van der Waals surface area contributed by atoms with Crippen LogP contribution >= 0.6 is 0 Å². The van der Waals surface area contributed by atoms with Crippen molar-refractivity contribution in [1.82, 2.24) is 10.2 Å². The maximum atomic E-state index is 13.5. The topological polar surface area (TPSA) is 96.0 Å². The largest absolute Gasteiger partial charge is 0.497 e. The van der Waals surface area contributed by atoms with Gasteiger partial charge in [-0.25, -0.2) is 12.8 Å². The van der Waals surface area contributed by atoms with Crippen LogP contribution in [0.5, 0.6) is 5.75 Å². The van der Waals surface area contributed by atoms with E-state index in [0.717, 1.165) is 53.9 Å². The molecule has 35 heavy (non-hydrogen) atoms. The summed E-state index contributed by atoms with van der Waals surface area (Å²) in [6.07, 6.45) is 4.87. The van der Waals surface area contributed by atoms with Crippen LogP contribution in [-0.2, 0) is 26.2 Å². The lowest BCUT2D eigenvalue weighted by Gasteiger charge is -2.32. The molecule has 0 aliphatic heterocycles. The Morgan fingerprint density at radius 1 is 1.14 bits per heavy atom. The highest BCUT2D eigenvalue weighted by Gasteiger charge is 2.31. The second-order valence-corrected chi connectivity index (χ2v) is 10.7.